The lowest BCUT2D eigenvalue weighted by molar-refractivity contribution is -0.148. The van der Waals surface area contributed by atoms with E-state index in [0.717, 1.165) is 17.7 Å². The number of methoxy groups -OCH3 is 1. The first kappa shape index (κ1) is 31.2. The van der Waals surface area contributed by atoms with Gasteiger partial charge in [0.05, 0.1) is 18.7 Å². The number of allylic oxidation sites excluding steroid dienone is 1. The third-order valence-electron chi connectivity index (χ3n) is 9.04. The SMILES string of the molecule is COc1ccc(CNCC(C)C)cc1-c1ccc(O)c2c1C[C@H]1C[C@H]3[C@@H](N(C)C)C(O)=C(C(N)=O)C(=O)[C@@]3(O)C(O)=C1C2=O. The number of hydrogen-bond donors (Lipinski definition) is 6. The van der Waals surface area contributed by atoms with Crippen LogP contribution in [0.4, 0.5) is 0 Å². The van der Waals surface area contributed by atoms with Gasteiger partial charge in [0.1, 0.15) is 28.6 Å². The molecule has 0 saturated heterocycles. The topological polar surface area (TPSA) is 183 Å². The molecule has 1 amide bonds. The smallest absolute Gasteiger partial charge is 0.255 e. The zero-order valence-corrected chi connectivity index (χ0v) is 25.5. The van der Waals surface area contributed by atoms with Gasteiger partial charge in [-0.05, 0) is 80.2 Å². The highest BCUT2D eigenvalue weighted by atomic mass is 16.5. The van der Waals surface area contributed by atoms with E-state index in [9.17, 15) is 34.8 Å². The van der Waals surface area contributed by atoms with Crippen molar-refractivity contribution in [2.45, 2.75) is 44.9 Å². The highest BCUT2D eigenvalue weighted by Crippen LogP contribution is 2.53. The number of aromatic hydroxyl groups is 1. The number of rotatable bonds is 8. The Kier molecular flexibility index (Phi) is 8.08. The van der Waals surface area contributed by atoms with E-state index in [1.54, 1.807) is 27.3 Å². The molecule has 11 nitrogen and oxygen atoms in total. The maximum absolute atomic E-state index is 14.1. The molecule has 3 aliphatic carbocycles. The van der Waals surface area contributed by atoms with Crippen LogP contribution in [-0.2, 0) is 22.6 Å². The van der Waals surface area contributed by atoms with E-state index in [1.165, 1.54) is 11.0 Å². The maximum Gasteiger partial charge on any atom is 0.255 e. The number of nitrogens with two attached hydrogens (primary N) is 1. The van der Waals surface area contributed by atoms with Gasteiger partial charge in [0.15, 0.2) is 11.4 Å². The molecule has 7 N–H and O–H groups in total. The van der Waals surface area contributed by atoms with Crippen LogP contribution in [0.2, 0.25) is 0 Å². The minimum atomic E-state index is -2.68. The number of hydrogen-bond acceptors (Lipinski definition) is 10. The van der Waals surface area contributed by atoms with Gasteiger partial charge in [0.25, 0.3) is 5.91 Å². The summed E-state index contributed by atoms with van der Waals surface area (Å²) in [6, 6.07) is 7.84. The first-order valence-corrected chi connectivity index (χ1v) is 14.6. The lowest BCUT2D eigenvalue weighted by Crippen LogP contribution is -2.63. The van der Waals surface area contributed by atoms with E-state index < -0.39 is 58.0 Å². The van der Waals surface area contributed by atoms with E-state index in [1.807, 2.05) is 18.2 Å². The van der Waals surface area contributed by atoms with Crippen LogP contribution in [0.25, 0.3) is 11.1 Å². The summed E-state index contributed by atoms with van der Waals surface area (Å²) in [5.41, 5.74) is 4.55. The molecular weight excluding hydrogens is 566 g/mol. The fourth-order valence-electron chi connectivity index (χ4n) is 7.08. The van der Waals surface area contributed by atoms with Gasteiger partial charge in [0.2, 0.25) is 5.78 Å². The van der Waals surface area contributed by atoms with Crippen molar-refractivity contribution >= 4 is 17.5 Å². The van der Waals surface area contributed by atoms with Crippen LogP contribution in [0.5, 0.6) is 11.5 Å². The van der Waals surface area contributed by atoms with Crippen LogP contribution in [0.1, 0.15) is 41.8 Å². The molecule has 0 saturated carbocycles. The van der Waals surface area contributed by atoms with Crippen LogP contribution in [0.15, 0.2) is 53.0 Å². The van der Waals surface area contributed by atoms with E-state index in [4.69, 9.17) is 10.5 Å². The van der Waals surface area contributed by atoms with Crippen LogP contribution in [0, 0.1) is 17.8 Å². The molecule has 4 atom stereocenters. The van der Waals surface area contributed by atoms with Gasteiger partial charge >= 0.3 is 0 Å². The highest BCUT2D eigenvalue weighted by Gasteiger charge is 2.63. The Morgan fingerprint density at radius 2 is 1.84 bits per heavy atom. The number of aliphatic hydroxyl groups is 3. The molecule has 5 rings (SSSR count). The number of carbonyl (C=O) groups excluding carboxylic acids is 3. The summed E-state index contributed by atoms with van der Waals surface area (Å²) in [7, 11) is 4.74. The molecule has 2 aromatic carbocycles. The number of phenols is 1. The molecular formula is C33H39N3O8. The summed E-state index contributed by atoms with van der Waals surface area (Å²) >= 11 is 0. The number of carbonyl (C=O) groups is 3. The minimum absolute atomic E-state index is 0.0111. The molecule has 0 spiro atoms. The van der Waals surface area contributed by atoms with Gasteiger partial charge in [-0.3, -0.25) is 19.3 Å². The second kappa shape index (κ2) is 11.4. The predicted molar refractivity (Wildman–Crippen MR) is 162 cm³/mol. The normalized spacial score (nSPS) is 24.9. The standard InChI is InChI=1S/C33H39N3O8/c1-15(2)13-35-14-16-6-9-23(44-5)19(10-16)18-7-8-22(37)25-20(18)11-17-12-21-27(36(3)4)29(39)26(32(34)42)31(41)33(21,43)30(40)24(17)28(25)38/h6-10,15,17,21,27,35,37,39-40,43H,11-14H2,1-5H3,(H2,34,42)/t17-,21-,27+,33-/m0/s1. The number of ketones is 2. The van der Waals surface area contributed by atoms with Crippen LogP contribution in [0.3, 0.4) is 0 Å². The molecule has 0 heterocycles. The molecule has 234 valence electrons. The lowest BCUT2D eigenvalue weighted by atomic mass is 9.58. The van der Waals surface area contributed by atoms with Crippen LogP contribution < -0.4 is 15.8 Å². The van der Waals surface area contributed by atoms with Crippen molar-refractivity contribution in [1.82, 2.24) is 10.2 Å². The molecule has 0 aliphatic heterocycles. The fraction of sp³-hybridized carbons (Fsp3) is 0.424. The van der Waals surface area contributed by atoms with Gasteiger partial charge in [-0.15, -0.1) is 0 Å². The summed E-state index contributed by atoms with van der Waals surface area (Å²) in [5, 5.41) is 48.7. The quantitative estimate of drug-likeness (QED) is 0.245. The Bertz CT molecular complexity index is 1620. The van der Waals surface area contributed by atoms with Crippen LogP contribution in [-0.4, -0.2) is 82.2 Å². The molecule has 44 heavy (non-hydrogen) atoms. The first-order chi connectivity index (χ1) is 20.7. The number of aliphatic hydroxyl groups excluding tert-OH is 2. The second-order valence-electron chi connectivity index (χ2n) is 12.5. The Morgan fingerprint density at radius 1 is 1.14 bits per heavy atom. The molecule has 0 aromatic heterocycles. The summed E-state index contributed by atoms with van der Waals surface area (Å²) < 4.78 is 5.68. The number of amides is 1. The van der Waals surface area contributed by atoms with Gasteiger partial charge < -0.3 is 36.2 Å². The third kappa shape index (κ3) is 4.75. The van der Waals surface area contributed by atoms with E-state index in [2.05, 4.69) is 19.2 Å². The summed E-state index contributed by atoms with van der Waals surface area (Å²) in [5.74, 6) is -5.80. The lowest BCUT2D eigenvalue weighted by Gasteiger charge is -2.50. The number of benzene rings is 2. The number of nitrogens with zero attached hydrogens (tertiary/aromatic N) is 1. The Morgan fingerprint density at radius 3 is 2.45 bits per heavy atom. The van der Waals surface area contributed by atoms with Gasteiger partial charge in [0, 0.05) is 23.6 Å². The van der Waals surface area contributed by atoms with Crippen molar-refractivity contribution in [3.63, 3.8) is 0 Å². The van der Waals surface area contributed by atoms with Crippen molar-refractivity contribution in [3.05, 3.63) is 69.7 Å². The second-order valence-corrected chi connectivity index (χ2v) is 12.5. The van der Waals surface area contributed by atoms with Crippen molar-refractivity contribution < 1.29 is 39.5 Å². The highest BCUT2D eigenvalue weighted by molar-refractivity contribution is 6.25. The molecule has 2 aromatic rings. The largest absolute Gasteiger partial charge is 0.510 e. The Labute approximate surface area is 255 Å². The number of ether oxygens (including phenoxy) is 1. The third-order valence-corrected chi connectivity index (χ3v) is 9.04. The van der Waals surface area contributed by atoms with E-state index in [0.29, 0.717) is 29.3 Å². The average molecular weight is 606 g/mol. The number of likely N-dealkylation sites (N-methyl/N-ethyl adjacent to an activating group) is 1. The van der Waals surface area contributed by atoms with Gasteiger partial charge in [-0.25, -0.2) is 0 Å². The minimum Gasteiger partial charge on any atom is -0.510 e. The van der Waals surface area contributed by atoms with E-state index in [-0.39, 0.29) is 29.7 Å². The number of phenolic OH excluding ortho intramolecular Hbond substituents is 1. The summed E-state index contributed by atoms with van der Waals surface area (Å²) in [6.07, 6.45) is 0.189. The summed E-state index contributed by atoms with van der Waals surface area (Å²) in [4.78, 5) is 41.3. The molecule has 0 radical (unpaired) electrons. The molecule has 3 aliphatic rings. The fourth-order valence-corrected chi connectivity index (χ4v) is 7.08. The van der Waals surface area contributed by atoms with Gasteiger partial charge in [-0.2, -0.15) is 0 Å². The Hall–Kier alpha value is -4.19. The first-order valence-electron chi connectivity index (χ1n) is 14.6. The van der Waals surface area contributed by atoms with Crippen LogP contribution >= 0.6 is 0 Å². The monoisotopic (exact) mass is 605 g/mol. The Balaban J connectivity index is 1.66. The predicted octanol–water partition coefficient (Wildman–Crippen LogP) is 2.54. The zero-order valence-electron chi connectivity index (χ0n) is 25.5. The van der Waals surface area contributed by atoms with Gasteiger partial charge in [-0.1, -0.05) is 26.0 Å². The van der Waals surface area contributed by atoms with E-state index >= 15 is 0 Å². The number of nitrogens with one attached hydrogen (secondary N) is 1. The van der Waals surface area contributed by atoms with Crippen molar-refractivity contribution in [1.29, 1.82) is 0 Å². The number of primary amides is 1. The maximum atomic E-state index is 14.1. The van der Waals surface area contributed by atoms with Crippen molar-refractivity contribution in [2.24, 2.45) is 23.5 Å². The molecule has 0 unspecified atom stereocenters. The number of fused-ring (bicyclic) bond motifs is 3. The number of Topliss-reactive ketones (excluding diaryl/α,β-unsaturated/α-hetero) is 2. The molecule has 11 heteroatoms. The molecule has 0 fully saturated rings. The molecule has 0 bridgehead atoms. The zero-order chi connectivity index (χ0) is 32.2. The summed E-state index contributed by atoms with van der Waals surface area (Å²) in [6.45, 7) is 5.69. The van der Waals surface area contributed by atoms with Crippen molar-refractivity contribution in [2.75, 3.05) is 27.7 Å². The average Bonchev–Trinajstić information content (AvgIpc) is 2.94. The van der Waals surface area contributed by atoms with Crippen molar-refractivity contribution in [3.8, 4) is 22.6 Å².